The lowest BCUT2D eigenvalue weighted by atomic mass is 10.1. The van der Waals surface area contributed by atoms with Crippen molar-refractivity contribution in [3.05, 3.63) is 35.4 Å². The zero-order valence-electron chi connectivity index (χ0n) is 11.8. The van der Waals surface area contributed by atoms with Crippen molar-refractivity contribution in [3.63, 3.8) is 0 Å². The molecular weight excluding hydrogens is 301 g/mol. The fraction of sp³-hybridized carbons (Fsp3) is 0.500. The summed E-state index contributed by atoms with van der Waals surface area (Å²) >= 11 is 1.47. The van der Waals surface area contributed by atoms with Gasteiger partial charge in [-0.05, 0) is 31.7 Å². The molecule has 0 unspecified atom stereocenters. The molecule has 1 heterocycles. The maximum absolute atomic E-state index is 12.6. The highest BCUT2D eigenvalue weighted by atomic mass is 32.2. The third kappa shape index (κ3) is 3.52. The topological polar surface area (TPSA) is 32.3 Å². The number of carbonyl (C=O) groups excluding carboxylic acids is 1. The van der Waals surface area contributed by atoms with E-state index in [4.69, 9.17) is 0 Å². The first-order chi connectivity index (χ1) is 9.84. The van der Waals surface area contributed by atoms with E-state index < -0.39 is 11.7 Å². The second kappa shape index (κ2) is 6.27. The number of hydrogen-bond acceptors (Lipinski definition) is 3. The van der Waals surface area contributed by atoms with Gasteiger partial charge in [0.25, 0.3) is 0 Å². The molecule has 21 heavy (non-hydrogen) atoms. The Hall–Kier alpha value is -1.21. The van der Waals surface area contributed by atoms with E-state index in [-0.39, 0.29) is 16.5 Å². The van der Waals surface area contributed by atoms with Crippen LogP contribution in [0.15, 0.2) is 24.3 Å². The fourth-order valence-corrected chi connectivity index (χ4v) is 3.54. The maximum atomic E-state index is 12.6. The SMILES string of the molecule is CNCCN1C(=O)[C@H](C)S[C@H]1c1ccc(C(F)(F)F)cc1. The number of carbonyl (C=O) groups is 1. The van der Waals surface area contributed by atoms with E-state index in [1.165, 1.54) is 23.9 Å². The zero-order valence-corrected chi connectivity index (χ0v) is 12.6. The monoisotopic (exact) mass is 318 g/mol. The van der Waals surface area contributed by atoms with Crippen LogP contribution in [0.25, 0.3) is 0 Å². The molecule has 2 rings (SSSR count). The highest BCUT2D eigenvalue weighted by molar-refractivity contribution is 8.01. The summed E-state index contributed by atoms with van der Waals surface area (Å²) in [4.78, 5) is 13.8. The number of benzene rings is 1. The molecule has 7 heteroatoms. The molecule has 116 valence electrons. The van der Waals surface area contributed by atoms with E-state index in [0.29, 0.717) is 13.1 Å². The van der Waals surface area contributed by atoms with Crippen molar-refractivity contribution in [2.75, 3.05) is 20.1 Å². The summed E-state index contributed by atoms with van der Waals surface area (Å²) < 4.78 is 37.8. The Morgan fingerprint density at radius 3 is 2.43 bits per heavy atom. The number of thioether (sulfide) groups is 1. The van der Waals surface area contributed by atoms with Gasteiger partial charge in [-0.2, -0.15) is 13.2 Å². The van der Waals surface area contributed by atoms with Gasteiger partial charge in [-0.1, -0.05) is 12.1 Å². The van der Waals surface area contributed by atoms with Crippen LogP contribution >= 0.6 is 11.8 Å². The molecule has 0 spiro atoms. The predicted molar refractivity (Wildman–Crippen MR) is 76.9 cm³/mol. The average Bonchev–Trinajstić information content (AvgIpc) is 2.72. The van der Waals surface area contributed by atoms with Crippen molar-refractivity contribution in [2.24, 2.45) is 0 Å². The van der Waals surface area contributed by atoms with Crippen molar-refractivity contribution in [1.82, 2.24) is 10.2 Å². The van der Waals surface area contributed by atoms with Gasteiger partial charge >= 0.3 is 6.18 Å². The van der Waals surface area contributed by atoms with Crippen LogP contribution < -0.4 is 5.32 Å². The summed E-state index contributed by atoms with van der Waals surface area (Å²) in [5.74, 6) is 0.0279. The number of rotatable bonds is 4. The number of nitrogens with zero attached hydrogens (tertiary/aromatic N) is 1. The van der Waals surface area contributed by atoms with E-state index in [0.717, 1.165) is 17.7 Å². The fourth-order valence-electron chi connectivity index (χ4n) is 2.23. The van der Waals surface area contributed by atoms with Gasteiger partial charge in [0.15, 0.2) is 0 Å². The molecule has 0 saturated carbocycles. The molecule has 0 radical (unpaired) electrons. The van der Waals surface area contributed by atoms with Crippen molar-refractivity contribution >= 4 is 17.7 Å². The molecule has 1 aliphatic rings. The molecule has 1 aliphatic heterocycles. The number of amides is 1. The van der Waals surface area contributed by atoms with Gasteiger partial charge in [-0.15, -0.1) is 11.8 Å². The molecule has 2 atom stereocenters. The standard InChI is InChI=1S/C14H17F3N2OS/c1-9-12(20)19(8-7-18-2)13(21-9)10-3-5-11(6-4-10)14(15,16)17/h3-6,9,13,18H,7-8H2,1-2H3/t9-,13-/m0/s1. The van der Waals surface area contributed by atoms with Crippen LogP contribution in [-0.4, -0.2) is 36.2 Å². The van der Waals surface area contributed by atoms with Gasteiger partial charge in [0.2, 0.25) is 5.91 Å². The van der Waals surface area contributed by atoms with Crippen LogP contribution in [0.4, 0.5) is 13.2 Å². The number of likely N-dealkylation sites (N-methyl/N-ethyl adjacent to an activating group) is 1. The van der Waals surface area contributed by atoms with Crippen LogP contribution in [0.2, 0.25) is 0 Å². The number of halogens is 3. The van der Waals surface area contributed by atoms with Crippen LogP contribution in [0.1, 0.15) is 23.4 Å². The van der Waals surface area contributed by atoms with Crippen LogP contribution in [0.5, 0.6) is 0 Å². The summed E-state index contributed by atoms with van der Waals surface area (Å²) in [6.45, 7) is 3.01. The van der Waals surface area contributed by atoms with E-state index in [1.807, 2.05) is 6.92 Å². The Kier molecular flexibility index (Phi) is 4.83. The van der Waals surface area contributed by atoms with E-state index in [1.54, 1.807) is 11.9 Å². The summed E-state index contributed by atoms with van der Waals surface area (Å²) in [6.07, 6.45) is -4.34. The smallest absolute Gasteiger partial charge is 0.324 e. The molecule has 1 fully saturated rings. The van der Waals surface area contributed by atoms with E-state index >= 15 is 0 Å². The molecule has 1 aromatic carbocycles. The first-order valence-corrected chi connectivity index (χ1v) is 7.56. The lowest BCUT2D eigenvalue weighted by Crippen LogP contribution is -2.35. The second-order valence-electron chi connectivity index (χ2n) is 4.89. The Morgan fingerprint density at radius 2 is 1.90 bits per heavy atom. The quantitative estimate of drug-likeness (QED) is 0.926. The largest absolute Gasteiger partial charge is 0.416 e. The van der Waals surface area contributed by atoms with Crippen molar-refractivity contribution in [3.8, 4) is 0 Å². The first kappa shape index (κ1) is 16.2. The molecule has 1 saturated heterocycles. The summed E-state index contributed by atoms with van der Waals surface area (Å²) in [5.41, 5.74) is 0.0530. The number of nitrogens with one attached hydrogen (secondary N) is 1. The molecular formula is C14H17F3N2OS. The molecule has 0 bridgehead atoms. The Morgan fingerprint density at radius 1 is 1.29 bits per heavy atom. The van der Waals surface area contributed by atoms with Gasteiger partial charge in [-0.25, -0.2) is 0 Å². The van der Waals surface area contributed by atoms with Crippen LogP contribution in [-0.2, 0) is 11.0 Å². The molecule has 3 nitrogen and oxygen atoms in total. The van der Waals surface area contributed by atoms with Crippen LogP contribution in [0.3, 0.4) is 0 Å². The van der Waals surface area contributed by atoms with Crippen molar-refractivity contribution in [2.45, 2.75) is 23.7 Å². The average molecular weight is 318 g/mol. The lowest BCUT2D eigenvalue weighted by Gasteiger charge is -2.24. The van der Waals surface area contributed by atoms with E-state index in [9.17, 15) is 18.0 Å². The minimum Gasteiger partial charge on any atom is -0.324 e. The third-order valence-electron chi connectivity index (χ3n) is 3.37. The maximum Gasteiger partial charge on any atom is 0.416 e. The Balaban J connectivity index is 2.21. The highest BCUT2D eigenvalue weighted by Gasteiger charge is 2.38. The molecule has 0 aromatic heterocycles. The van der Waals surface area contributed by atoms with Gasteiger partial charge in [0.1, 0.15) is 5.37 Å². The number of hydrogen-bond donors (Lipinski definition) is 1. The predicted octanol–water partition coefficient (Wildman–Crippen LogP) is 2.89. The minimum atomic E-state index is -4.34. The lowest BCUT2D eigenvalue weighted by molar-refractivity contribution is -0.137. The molecule has 1 amide bonds. The van der Waals surface area contributed by atoms with Crippen molar-refractivity contribution in [1.29, 1.82) is 0 Å². The molecule has 1 N–H and O–H groups in total. The van der Waals surface area contributed by atoms with Gasteiger partial charge in [-0.3, -0.25) is 4.79 Å². The first-order valence-electron chi connectivity index (χ1n) is 6.62. The summed E-state index contributed by atoms with van der Waals surface area (Å²) in [6, 6.07) is 5.05. The van der Waals surface area contributed by atoms with E-state index in [2.05, 4.69) is 5.32 Å². The summed E-state index contributed by atoms with van der Waals surface area (Å²) in [7, 11) is 1.80. The Labute approximate surface area is 125 Å². The number of alkyl halides is 3. The van der Waals surface area contributed by atoms with Crippen molar-refractivity contribution < 1.29 is 18.0 Å². The van der Waals surface area contributed by atoms with Crippen LogP contribution in [0, 0.1) is 0 Å². The highest BCUT2D eigenvalue weighted by Crippen LogP contribution is 2.43. The normalized spacial score (nSPS) is 22.9. The zero-order chi connectivity index (χ0) is 15.6. The molecule has 1 aromatic rings. The van der Waals surface area contributed by atoms with Gasteiger partial charge < -0.3 is 10.2 Å². The molecule has 0 aliphatic carbocycles. The Bertz CT molecular complexity index is 504. The second-order valence-corrected chi connectivity index (χ2v) is 6.31. The van der Waals surface area contributed by atoms with Gasteiger partial charge in [0.05, 0.1) is 10.8 Å². The third-order valence-corrected chi connectivity index (χ3v) is 4.77. The van der Waals surface area contributed by atoms with Gasteiger partial charge in [0, 0.05) is 13.1 Å². The summed E-state index contributed by atoms with van der Waals surface area (Å²) in [5, 5.41) is 2.59. The minimum absolute atomic E-state index is 0.0279.